The van der Waals surface area contributed by atoms with Crippen molar-refractivity contribution in [2.75, 3.05) is 0 Å². The lowest BCUT2D eigenvalue weighted by Crippen LogP contribution is -2.49. The van der Waals surface area contributed by atoms with E-state index >= 15 is 0 Å². The Kier molecular flexibility index (Phi) is 3.44. The fourth-order valence-corrected chi connectivity index (χ4v) is 1.55. The summed E-state index contributed by atoms with van der Waals surface area (Å²) < 4.78 is 0. The van der Waals surface area contributed by atoms with Gasteiger partial charge in [0.2, 0.25) is 17.7 Å². The first-order chi connectivity index (χ1) is 6.93. The van der Waals surface area contributed by atoms with Crippen LogP contribution < -0.4 is 5.32 Å². The van der Waals surface area contributed by atoms with Crippen LogP contribution in [0.4, 0.5) is 0 Å². The molecule has 15 heavy (non-hydrogen) atoms. The van der Waals surface area contributed by atoms with Crippen LogP contribution in [0.1, 0.15) is 33.6 Å². The number of carbonyl (C=O) groups is 3. The normalized spacial score (nSPS) is 18.5. The van der Waals surface area contributed by atoms with E-state index in [2.05, 4.69) is 5.32 Å². The number of hydrogen-bond acceptors (Lipinski definition) is 3. The minimum absolute atomic E-state index is 0.00718. The third-order valence-corrected chi connectivity index (χ3v) is 2.29. The predicted molar refractivity (Wildman–Crippen MR) is 53.8 cm³/mol. The number of amides is 3. The van der Waals surface area contributed by atoms with Crippen molar-refractivity contribution in [3.63, 3.8) is 0 Å². The summed E-state index contributed by atoms with van der Waals surface area (Å²) in [5, 5.41) is 2.68. The average molecular weight is 212 g/mol. The second-order valence-electron chi connectivity index (χ2n) is 4.00. The zero-order valence-electron chi connectivity index (χ0n) is 9.24. The standard InChI is InChI=1S/C10H16N2O3/c1-6(2)11-10(15)7(3)12-8(13)4-5-9(12)14/h6-7H,4-5H2,1-3H3,(H,11,15)/t7-/m1/s1. The second-order valence-corrected chi connectivity index (χ2v) is 4.00. The second kappa shape index (κ2) is 4.42. The van der Waals surface area contributed by atoms with E-state index in [-0.39, 0.29) is 36.6 Å². The summed E-state index contributed by atoms with van der Waals surface area (Å²) in [6.45, 7) is 5.23. The Bertz CT molecular complexity index is 283. The van der Waals surface area contributed by atoms with Crippen molar-refractivity contribution in [2.24, 2.45) is 0 Å². The Morgan fingerprint density at radius 1 is 1.20 bits per heavy atom. The molecule has 0 saturated carbocycles. The molecule has 5 heteroatoms. The van der Waals surface area contributed by atoms with Crippen LogP contribution in [-0.4, -0.2) is 34.7 Å². The molecular formula is C10H16N2O3. The molecule has 0 spiro atoms. The molecule has 1 heterocycles. The average Bonchev–Trinajstić information content (AvgIpc) is 2.44. The van der Waals surface area contributed by atoms with Crippen LogP contribution in [-0.2, 0) is 14.4 Å². The molecule has 0 aromatic carbocycles. The maximum atomic E-state index is 11.6. The van der Waals surface area contributed by atoms with Crippen molar-refractivity contribution in [3.05, 3.63) is 0 Å². The van der Waals surface area contributed by atoms with E-state index in [1.165, 1.54) is 0 Å². The van der Waals surface area contributed by atoms with Gasteiger partial charge in [0, 0.05) is 18.9 Å². The minimum Gasteiger partial charge on any atom is -0.352 e. The summed E-state index contributed by atoms with van der Waals surface area (Å²) in [6.07, 6.45) is 0.441. The van der Waals surface area contributed by atoms with Crippen molar-refractivity contribution in [3.8, 4) is 0 Å². The molecule has 1 rings (SSSR count). The lowest BCUT2D eigenvalue weighted by Gasteiger charge is -2.22. The fraction of sp³-hybridized carbons (Fsp3) is 0.700. The summed E-state index contributed by atoms with van der Waals surface area (Å²) in [5.41, 5.74) is 0. The third-order valence-electron chi connectivity index (χ3n) is 2.29. The van der Waals surface area contributed by atoms with Gasteiger partial charge in [-0.05, 0) is 20.8 Å². The van der Waals surface area contributed by atoms with E-state index in [9.17, 15) is 14.4 Å². The summed E-state index contributed by atoms with van der Waals surface area (Å²) in [4.78, 5) is 35.3. The monoisotopic (exact) mass is 212 g/mol. The molecular weight excluding hydrogens is 196 g/mol. The largest absolute Gasteiger partial charge is 0.352 e. The molecule has 84 valence electrons. The van der Waals surface area contributed by atoms with Crippen molar-refractivity contribution in [2.45, 2.75) is 45.7 Å². The maximum Gasteiger partial charge on any atom is 0.243 e. The van der Waals surface area contributed by atoms with Gasteiger partial charge >= 0.3 is 0 Å². The highest BCUT2D eigenvalue weighted by Gasteiger charge is 2.36. The molecule has 1 saturated heterocycles. The van der Waals surface area contributed by atoms with Crippen molar-refractivity contribution >= 4 is 17.7 Å². The first-order valence-electron chi connectivity index (χ1n) is 5.08. The van der Waals surface area contributed by atoms with Gasteiger partial charge in [0.25, 0.3) is 0 Å². The quantitative estimate of drug-likeness (QED) is 0.672. The highest BCUT2D eigenvalue weighted by Crippen LogP contribution is 2.15. The highest BCUT2D eigenvalue weighted by atomic mass is 16.2. The van der Waals surface area contributed by atoms with Gasteiger partial charge < -0.3 is 5.32 Å². The predicted octanol–water partition coefficient (Wildman–Crippen LogP) is 0.0485. The molecule has 0 aliphatic carbocycles. The van der Waals surface area contributed by atoms with Crippen LogP contribution in [0.25, 0.3) is 0 Å². The van der Waals surface area contributed by atoms with Crippen LogP contribution in [0.2, 0.25) is 0 Å². The van der Waals surface area contributed by atoms with Gasteiger partial charge in [0.1, 0.15) is 6.04 Å². The first kappa shape index (κ1) is 11.7. The van der Waals surface area contributed by atoms with Gasteiger partial charge in [-0.2, -0.15) is 0 Å². The number of rotatable bonds is 3. The zero-order valence-corrected chi connectivity index (χ0v) is 9.24. The SMILES string of the molecule is CC(C)NC(=O)[C@@H](C)N1C(=O)CCC1=O. The number of hydrogen-bond donors (Lipinski definition) is 1. The van der Waals surface area contributed by atoms with Gasteiger partial charge in [0.15, 0.2) is 0 Å². The number of likely N-dealkylation sites (tertiary alicyclic amines) is 1. The molecule has 1 aliphatic heterocycles. The first-order valence-corrected chi connectivity index (χ1v) is 5.08. The lowest BCUT2D eigenvalue weighted by atomic mass is 10.2. The maximum absolute atomic E-state index is 11.6. The van der Waals surface area contributed by atoms with Gasteiger partial charge in [0.05, 0.1) is 0 Å². The number of imide groups is 1. The summed E-state index contributed by atoms with van der Waals surface area (Å²) >= 11 is 0. The van der Waals surface area contributed by atoms with E-state index in [4.69, 9.17) is 0 Å². The van der Waals surface area contributed by atoms with E-state index < -0.39 is 6.04 Å². The summed E-state index contributed by atoms with van der Waals surface area (Å²) in [6, 6.07) is -0.692. The van der Waals surface area contributed by atoms with Crippen LogP contribution in [0, 0.1) is 0 Å². The fourth-order valence-electron chi connectivity index (χ4n) is 1.55. The zero-order chi connectivity index (χ0) is 11.6. The molecule has 1 aliphatic rings. The van der Waals surface area contributed by atoms with E-state index in [0.29, 0.717) is 0 Å². The summed E-state index contributed by atoms with van der Waals surface area (Å²) in [5.74, 6) is -0.800. The molecule has 0 aromatic heterocycles. The van der Waals surface area contributed by atoms with E-state index in [0.717, 1.165) is 4.90 Å². The Morgan fingerprint density at radius 2 is 1.67 bits per heavy atom. The highest BCUT2D eigenvalue weighted by molar-refractivity contribution is 6.05. The number of nitrogens with zero attached hydrogens (tertiary/aromatic N) is 1. The molecule has 0 bridgehead atoms. The molecule has 0 radical (unpaired) electrons. The molecule has 1 atom stereocenters. The number of nitrogens with one attached hydrogen (secondary N) is 1. The van der Waals surface area contributed by atoms with Crippen LogP contribution >= 0.6 is 0 Å². The van der Waals surface area contributed by atoms with Crippen LogP contribution in [0.5, 0.6) is 0 Å². The molecule has 0 unspecified atom stereocenters. The Labute approximate surface area is 88.8 Å². The summed E-state index contributed by atoms with van der Waals surface area (Å²) in [7, 11) is 0. The molecule has 1 N–H and O–H groups in total. The molecule has 5 nitrogen and oxygen atoms in total. The number of carbonyl (C=O) groups excluding carboxylic acids is 3. The van der Waals surface area contributed by atoms with Gasteiger partial charge in [-0.1, -0.05) is 0 Å². The van der Waals surface area contributed by atoms with Crippen LogP contribution in [0.15, 0.2) is 0 Å². The van der Waals surface area contributed by atoms with Crippen molar-refractivity contribution < 1.29 is 14.4 Å². The molecule has 1 fully saturated rings. The van der Waals surface area contributed by atoms with Gasteiger partial charge in [-0.3, -0.25) is 19.3 Å². The van der Waals surface area contributed by atoms with Gasteiger partial charge in [-0.15, -0.1) is 0 Å². The minimum atomic E-state index is -0.699. The third kappa shape index (κ3) is 2.55. The van der Waals surface area contributed by atoms with Crippen LogP contribution in [0.3, 0.4) is 0 Å². The smallest absolute Gasteiger partial charge is 0.243 e. The Morgan fingerprint density at radius 3 is 2.07 bits per heavy atom. The Balaban J connectivity index is 2.67. The van der Waals surface area contributed by atoms with E-state index in [1.807, 2.05) is 13.8 Å². The molecule has 0 aromatic rings. The lowest BCUT2D eigenvalue weighted by molar-refractivity contribution is -0.146. The van der Waals surface area contributed by atoms with Crippen molar-refractivity contribution in [1.82, 2.24) is 10.2 Å². The molecule has 3 amide bonds. The van der Waals surface area contributed by atoms with E-state index in [1.54, 1.807) is 6.92 Å². The topological polar surface area (TPSA) is 66.5 Å². The Hall–Kier alpha value is -1.39. The van der Waals surface area contributed by atoms with Crippen molar-refractivity contribution in [1.29, 1.82) is 0 Å². The van der Waals surface area contributed by atoms with Gasteiger partial charge in [-0.25, -0.2) is 0 Å².